The van der Waals surface area contributed by atoms with Crippen LogP contribution in [0.15, 0.2) is 18.2 Å². The highest BCUT2D eigenvalue weighted by Crippen LogP contribution is 2.23. The second kappa shape index (κ2) is 7.43. The number of nitro groups is 1. The van der Waals surface area contributed by atoms with E-state index in [1.807, 2.05) is 0 Å². The first-order chi connectivity index (χ1) is 8.93. The molecule has 19 heavy (non-hydrogen) atoms. The molecule has 1 aromatic rings. The number of hydrogen-bond donors (Lipinski definition) is 2. The summed E-state index contributed by atoms with van der Waals surface area (Å²) in [5, 5.41) is 23.7. The zero-order chi connectivity index (χ0) is 14.4. The number of aliphatic hydroxyl groups is 1. The molecule has 1 aromatic carbocycles. The van der Waals surface area contributed by atoms with Crippen LogP contribution in [-0.4, -0.2) is 22.7 Å². The van der Waals surface area contributed by atoms with Gasteiger partial charge in [-0.05, 0) is 24.5 Å². The third kappa shape index (κ3) is 5.14. The Kier molecular flexibility index (Phi) is 6.21. The van der Waals surface area contributed by atoms with Gasteiger partial charge in [-0.2, -0.15) is 0 Å². The second-order valence-corrected chi connectivity index (χ2v) is 5.36. The average Bonchev–Trinajstić information content (AvgIpc) is 2.34. The number of aliphatic hydroxyl groups excluding tert-OH is 1. The van der Waals surface area contributed by atoms with E-state index in [1.54, 1.807) is 12.1 Å². The van der Waals surface area contributed by atoms with Crippen LogP contribution < -0.4 is 5.32 Å². The van der Waals surface area contributed by atoms with Crippen molar-refractivity contribution in [2.24, 2.45) is 5.92 Å². The molecule has 5 nitrogen and oxygen atoms in total. The van der Waals surface area contributed by atoms with E-state index in [1.165, 1.54) is 6.07 Å². The van der Waals surface area contributed by atoms with Gasteiger partial charge in [-0.25, -0.2) is 0 Å². The fourth-order valence-corrected chi connectivity index (χ4v) is 2.07. The smallest absolute Gasteiger partial charge is 0.275 e. The standard InChI is InChI=1S/C13H19ClN2O3/c1-9(2)5-12(8-17)15-7-10-3-4-11(14)6-13(10)16(18)19/h3-4,6,9,12,15,17H,5,7-8H2,1-2H3. The molecule has 0 bridgehead atoms. The molecule has 0 aliphatic heterocycles. The highest BCUT2D eigenvalue weighted by atomic mass is 35.5. The summed E-state index contributed by atoms with van der Waals surface area (Å²) < 4.78 is 0. The molecular formula is C13H19ClN2O3. The van der Waals surface area contributed by atoms with Crippen LogP contribution in [0.1, 0.15) is 25.8 Å². The highest BCUT2D eigenvalue weighted by molar-refractivity contribution is 6.30. The van der Waals surface area contributed by atoms with Crippen molar-refractivity contribution in [2.45, 2.75) is 32.9 Å². The summed E-state index contributed by atoms with van der Waals surface area (Å²) in [6, 6.07) is 4.55. The van der Waals surface area contributed by atoms with E-state index < -0.39 is 4.92 Å². The topological polar surface area (TPSA) is 75.4 Å². The number of nitrogens with zero attached hydrogens (tertiary/aromatic N) is 1. The minimum absolute atomic E-state index is 0.00115. The SMILES string of the molecule is CC(C)CC(CO)NCc1ccc(Cl)cc1[N+](=O)[O-]. The Labute approximate surface area is 117 Å². The van der Waals surface area contributed by atoms with Gasteiger partial charge in [-0.1, -0.05) is 25.4 Å². The third-order valence-corrected chi connectivity index (χ3v) is 3.04. The van der Waals surface area contributed by atoms with Crippen molar-refractivity contribution in [1.29, 1.82) is 0 Å². The van der Waals surface area contributed by atoms with Crippen molar-refractivity contribution >= 4 is 17.3 Å². The number of nitro benzene ring substituents is 1. The molecule has 6 heteroatoms. The fourth-order valence-electron chi connectivity index (χ4n) is 1.90. The van der Waals surface area contributed by atoms with E-state index >= 15 is 0 Å². The van der Waals surface area contributed by atoms with Gasteiger partial charge >= 0.3 is 0 Å². The quantitative estimate of drug-likeness (QED) is 0.597. The molecule has 0 aromatic heterocycles. The summed E-state index contributed by atoms with van der Waals surface area (Å²) in [7, 11) is 0. The maximum atomic E-state index is 10.9. The lowest BCUT2D eigenvalue weighted by Crippen LogP contribution is -2.33. The Balaban J connectivity index is 2.74. The van der Waals surface area contributed by atoms with Crippen LogP contribution >= 0.6 is 11.6 Å². The van der Waals surface area contributed by atoms with Crippen LogP contribution in [0.2, 0.25) is 5.02 Å². The van der Waals surface area contributed by atoms with E-state index in [0.29, 0.717) is 23.0 Å². The van der Waals surface area contributed by atoms with Gasteiger partial charge in [0.1, 0.15) is 0 Å². The van der Waals surface area contributed by atoms with Crippen LogP contribution in [-0.2, 0) is 6.54 Å². The molecule has 0 aliphatic rings. The summed E-state index contributed by atoms with van der Waals surface area (Å²) in [4.78, 5) is 10.5. The molecule has 106 valence electrons. The van der Waals surface area contributed by atoms with Gasteiger partial charge in [0, 0.05) is 29.2 Å². The van der Waals surface area contributed by atoms with Crippen LogP contribution in [0.5, 0.6) is 0 Å². The first-order valence-electron chi connectivity index (χ1n) is 6.21. The zero-order valence-corrected chi connectivity index (χ0v) is 11.9. The minimum atomic E-state index is -0.445. The first-order valence-corrected chi connectivity index (χ1v) is 6.59. The Morgan fingerprint density at radius 1 is 1.47 bits per heavy atom. The van der Waals surface area contributed by atoms with Gasteiger partial charge in [0.25, 0.3) is 5.69 Å². The van der Waals surface area contributed by atoms with E-state index in [9.17, 15) is 15.2 Å². The fraction of sp³-hybridized carbons (Fsp3) is 0.538. The summed E-state index contributed by atoms with van der Waals surface area (Å²) in [6.07, 6.45) is 0.817. The zero-order valence-electron chi connectivity index (χ0n) is 11.1. The van der Waals surface area contributed by atoms with E-state index in [0.717, 1.165) is 6.42 Å². The Hall–Kier alpha value is -1.17. The predicted octanol–water partition coefficient (Wildman–Crippen LogP) is 2.74. The van der Waals surface area contributed by atoms with Gasteiger partial charge in [-0.15, -0.1) is 0 Å². The molecule has 0 amide bonds. The Morgan fingerprint density at radius 2 is 2.16 bits per heavy atom. The molecule has 0 saturated heterocycles. The number of nitrogens with one attached hydrogen (secondary N) is 1. The molecule has 0 saturated carbocycles. The maximum Gasteiger partial charge on any atom is 0.275 e. The normalized spacial score (nSPS) is 12.7. The second-order valence-electron chi connectivity index (χ2n) is 4.92. The Morgan fingerprint density at radius 3 is 2.68 bits per heavy atom. The van der Waals surface area contributed by atoms with E-state index in [4.69, 9.17) is 11.6 Å². The monoisotopic (exact) mass is 286 g/mol. The first kappa shape index (κ1) is 15.9. The largest absolute Gasteiger partial charge is 0.395 e. The maximum absolute atomic E-state index is 10.9. The van der Waals surface area contributed by atoms with Gasteiger partial charge in [0.2, 0.25) is 0 Å². The minimum Gasteiger partial charge on any atom is -0.395 e. The third-order valence-electron chi connectivity index (χ3n) is 2.80. The molecule has 1 rings (SSSR count). The molecule has 0 spiro atoms. The van der Waals surface area contributed by atoms with E-state index in [-0.39, 0.29) is 18.3 Å². The highest BCUT2D eigenvalue weighted by Gasteiger charge is 2.16. The van der Waals surface area contributed by atoms with E-state index in [2.05, 4.69) is 19.2 Å². The van der Waals surface area contributed by atoms with Crippen molar-refractivity contribution in [3.8, 4) is 0 Å². The summed E-state index contributed by atoms with van der Waals surface area (Å²) in [6.45, 7) is 4.48. The number of halogens is 1. The summed E-state index contributed by atoms with van der Waals surface area (Å²) in [5.41, 5.74) is 0.567. The lowest BCUT2D eigenvalue weighted by atomic mass is 10.0. The van der Waals surface area contributed by atoms with Crippen LogP contribution in [0.25, 0.3) is 0 Å². The molecular weight excluding hydrogens is 268 g/mol. The number of hydrogen-bond acceptors (Lipinski definition) is 4. The summed E-state index contributed by atoms with van der Waals surface area (Å²) in [5.74, 6) is 0.449. The van der Waals surface area contributed by atoms with Crippen molar-refractivity contribution in [1.82, 2.24) is 5.32 Å². The van der Waals surface area contributed by atoms with Gasteiger partial charge in [0.15, 0.2) is 0 Å². The van der Waals surface area contributed by atoms with Crippen molar-refractivity contribution in [3.05, 3.63) is 38.9 Å². The predicted molar refractivity (Wildman–Crippen MR) is 75.3 cm³/mol. The summed E-state index contributed by atoms with van der Waals surface area (Å²) >= 11 is 5.75. The lowest BCUT2D eigenvalue weighted by molar-refractivity contribution is -0.385. The lowest BCUT2D eigenvalue weighted by Gasteiger charge is -2.18. The van der Waals surface area contributed by atoms with Gasteiger partial charge < -0.3 is 10.4 Å². The molecule has 2 N–H and O–H groups in total. The number of benzene rings is 1. The van der Waals surface area contributed by atoms with Gasteiger partial charge in [-0.3, -0.25) is 10.1 Å². The van der Waals surface area contributed by atoms with Crippen LogP contribution in [0, 0.1) is 16.0 Å². The Bertz CT molecular complexity index is 438. The molecule has 1 atom stereocenters. The molecule has 0 radical (unpaired) electrons. The van der Waals surface area contributed by atoms with Gasteiger partial charge in [0.05, 0.1) is 11.5 Å². The van der Waals surface area contributed by atoms with Crippen molar-refractivity contribution in [2.75, 3.05) is 6.61 Å². The molecule has 0 aliphatic carbocycles. The molecule has 1 unspecified atom stereocenters. The van der Waals surface area contributed by atoms with Crippen LogP contribution in [0.3, 0.4) is 0 Å². The number of rotatable bonds is 7. The molecule has 0 fully saturated rings. The van der Waals surface area contributed by atoms with Crippen LogP contribution in [0.4, 0.5) is 5.69 Å². The van der Waals surface area contributed by atoms with Crippen molar-refractivity contribution < 1.29 is 10.0 Å². The molecule has 0 heterocycles. The van der Waals surface area contributed by atoms with Crippen molar-refractivity contribution in [3.63, 3.8) is 0 Å². The average molecular weight is 287 g/mol.